The molecular formula is C8H11ClN2OS. The van der Waals surface area contributed by atoms with Crippen molar-refractivity contribution in [3.05, 3.63) is 18.0 Å². The maximum Gasteiger partial charge on any atom is 0.270 e. The van der Waals surface area contributed by atoms with E-state index >= 15 is 0 Å². The molecule has 13 heavy (non-hydrogen) atoms. The molecule has 1 aromatic heterocycles. The second-order valence-electron chi connectivity index (χ2n) is 1.70. The Bertz CT molecular complexity index is 281. The number of rotatable bonds is 2. The van der Waals surface area contributed by atoms with Gasteiger partial charge >= 0.3 is 0 Å². The standard InChI is InChI=1S/C6H5ClN2OS.C2H6/c1-11-6-8-3-2-4(9-6)5(7)10;1-2/h2-3H,1H3;1-2H3. The zero-order chi connectivity index (χ0) is 10.3. The number of nitrogens with zero attached hydrogens (tertiary/aromatic N) is 2. The van der Waals surface area contributed by atoms with Gasteiger partial charge in [0, 0.05) is 6.20 Å². The molecule has 0 aliphatic rings. The van der Waals surface area contributed by atoms with E-state index in [4.69, 9.17) is 11.6 Å². The maximum absolute atomic E-state index is 10.6. The van der Waals surface area contributed by atoms with Crippen molar-refractivity contribution < 1.29 is 4.79 Å². The van der Waals surface area contributed by atoms with Crippen LogP contribution < -0.4 is 0 Å². The van der Waals surface area contributed by atoms with E-state index in [-0.39, 0.29) is 5.69 Å². The van der Waals surface area contributed by atoms with Crippen LogP contribution in [0.4, 0.5) is 0 Å². The molecule has 0 saturated carbocycles. The fraction of sp³-hybridized carbons (Fsp3) is 0.375. The number of halogens is 1. The van der Waals surface area contributed by atoms with Gasteiger partial charge in [-0.3, -0.25) is 4.79 Å². The first-order chi connectivity index (χ1) is 6.24. The third kappa shape index (κ3) is 4.24. The van der Waals surface area contributed by atoms with E-state index in [1.165, 1.54) is 24.0 Å². The summed E-state index contributed by atoms with van der Waals surface area (Å²) in [6.07, 6.45) is 3.34. The summed E-state index contributed by atoms with van der Waals surface area (Å²) in [7, 11) is 0. The second kappa shape index (κ2) is 6.86. The van der Waals surface area contributed by atoms with Crippen molar-refractivity contribution in [3.63, 3.8) is 0 Å². The Morgan fingerprint density at radius 3 is 2.62 bits per heavy atom. The maximum atomic E-state index is 10.6. The molecule has 1 rings (SSSR count). The molecule has 0 spiro atoms. The summed E-state index contributed by atoms with van der Waals surface area (Å²) >= 11 is 6.56. The van der Waals surface area contributed by atoms with Crippen molar-refractivity contribution in [1.82, 2.24) is 9.97 Å². The van der Waals surface area contributed by atoms with Crippen LogP contribution in [-0.4, -0.2) is 21.5 Å². The van der Waals surface area contributed by atoms with Crippen LogP contribution >= 0.6 is 23.4 Å². The number of carbonyl (C=O) groups is 1. The molecule has 0 amide bonds. The van der Waals surface area contributed by atoms with E-state index in [0.717, 1.165) is 0 Å². The van der Waals surface area contributed by atoms with Gasteiger partial charge in [-0.05, 0) is 23.9 Å². The zero-order valence-corrected chi connectivity index (χ0v) is 9.32. The van der Waals surface area contributed by atoms with Crippen LogP contribution in [0.25, 0.3) is 0 Å². The zero-order valence-electron chi connectivity index (χ0n) is 7.74. The molecule has 0 saturated heterocycles. The SMILES string of the molecule is CC.CSc1nccc(C(=O)Cl)n1. The molecule has 3 nitrogen and oxygen atoms in total. The molecule has 0 N–H and O–H groups in total. The average Bonchev–Trinajstić information content (AvgIpc) is 2.21. The first kappa shape index (κ1) is 12.4. The van der Waals surface area contributed by atoms with Crippen LogP contribution in [-0.2, 0) is 0 Å². The molecule has 0 radical (unpaired) electrons. The van der Waals surface area contributed by atoms with Crippen molar-refractivity contribution in [1.29, 1.82) is 0 Å². The van der Waals surface area contributed by atoms with Gasteiger partial charge < -0.3 is 0 Å². The van der Waals surface area contributed by atoms with Crippen LogP contribution in [0.2, 0.25) is 0 Å². The van der Waals surface area contributed by atoms with E-state index in [9.17, 15) is 4.79 Å². The highest BCUT2D eigenvalue weighted by atomic mass is 35.5. The molecule has 5 heteroatoms. The number of hydrogen-bond acceptors (Lipinski definition) is 4. The quantitative estimate of drug-likeness (QED) is 0.435. The highest BCUT2D eigenvalue weighted by Gasteiger charge is 2.03. The Hall–Kier alpha value is -0.610. The lowest BCUT2D eigenvalue weighted by Crippen LogP contribution is -1.95. The minimum atomic E-state index is -0.553. The van der Waals surface area contributed by atoms with Gasteiger partial charge in [0.05, 0.1) is 0 Å². The molecule has 1 heterocycles. The average molecular weight is 219 g/mol. The van der Waals surface area contributed by atoms with Crippen molar-refractivity contribution in [2.45, 2.75) is 19.0 Å². The third-order valence-corrected chi connectivity index (χ3v) is 1.77. The van der Waals surface area contributed by atoms with Crippen molar-refractivity contribution in [3.8, 4) is 0 Å². The summed E-state index contributed by atoms with van der Waals surface area (Å²) in [6.45, 7) is 4.00. The Morgan fingerprint density at radius 2 is 2.15 bits per heavy atom. The van der Waals surface area contributed by atoms with Gasteiger partial charge in [0.15, 0.2) is 5.16 Å². The lowest BCUT2D eigenvalue weighted by molar-refractivity contribution is 0.107. The lowest BCUT2D eigenvalue weighted by Gasteiger charge is -1.94. The lowest BCUT2D eigenvalue weighted by atomic mass is 10.4. The topological polar surface area (TPSA) is 42.9 Å². The number of carbonyl (C=O) groups excluding carboxylic acids is 1. The number of aromatic nitrogens is 2. The Balaban J connectivity index is 0.000000671. The summed E-state index contributed by atoms with van der Waals surface area (Å²) in [6, 6.07) is 1.48. The number of thioether (sulfide) groups is 1. The van der Waals surface area contributed by atoms with Gasteiger partial charge in [0.2, 0.25) is 0 Å². The van der Waals surface area contributed by atoms with E-state index < -0.39 is 5.24 Å². The Morgan fingerprint density at radius 1 is 1.54 bits per heavy atom. The van der Waals surface area contributed by atoms with Crippen LogP contribution in [0.5, 0.6) is 0 Å². The first-order valence-electron chi connectivity index (χ1n) is 3.81. The van der Waals surface area contributed by atoms with Crippen molar-refractivity contribution in [2.75, 3.05) is 6.26 Å². The van der Waals surface area contributed by atoms with Gasteiger partial charge in [-0.2, -0.15) is 0 Å². The molecule has 0 fully saturated rings. The molecule has 0 aliphatic heterocycles. The molecule has 0 unspecified atom stereocenters. The summed E-state index contributed by atoms with van der Waals surface area (Å²) in [4.78, 5) is 18.3. The second-order valence-corrected chi connectivity index (χ2v) is 2.82. The third-order valence-electron chi connectivity index (χ3n) is 1.02. The smallest absolute Gasteiger partial charge is 0.270 e. The van der Waals surface area contributed by atoms with Gasteiger partial charge in [-0.15, -0.1) is 0 Å². The summed E-state index contributed by atoms with van der Waals surface area (Å²) in [5, 5.41) is -0.000741. The van der Waals surface area contributed by atoms with E-state index in [2.05, 4.69) is 9.97 Å². The Kier molecular flexibility index (Phi) is 6.54. The molecule has 0 atom stereocenters. The predicted octanol–water partition coefficient (Wildman–Crippen LogP) is 2.60. The Labute approximate surface area is 86.9 Å². The van der Waals surface area contributed by atoms with Crippen LogP contribution in [0.15, 0.2) is 17.4 Å². The highest BCUT2D eigenvalue weighted by molar-refractivity contribution is 7.98. The van der Waals surface area contributed by atoms with Crippen LogP contribution in [0.3, 0.4) is 0 Å². The number of hydrogen-bond donors (Lipinski definition) is 0. The molecule has 0 aromatic carbocycles. The van der Waals surface area contributed by atoms with Gasteiger partial charge in [-0.25, -0.2) is 9.97 Å². The monoisotopic (exact) mass is 218 g/mol. The van der Waals surface area contributed by atoms with Crippen LogP contribution in [0.1, 0.15) is 24.3 Å². The first-order valence-corrected chi connectivity index (χ1v) is 5.41. The molecule has 0 bridgehead atoms. The molecular weight excluding hydrogens is 208 g/mol. The summed E-state index contributed by atoms with van der Waals surface area (Å²) in [5.41, 5.74) is 0.242. The van der Waals surface area contributed by atoms with Gasteiger partial charge in [0.25, 0.3) is 5.24 Å². The minimum absolute atomic E-state index is 0.242. The van der Waals surface area contributed by atoms with Gasteiger partial charge in [-0.1, -0.05) is 25.6 Å². The van der Waals surface area contributed by atoms with Gasteiger partial charge in [0.1, 0.15) is 5.69 Å². The largest absolute Gasteiger partial charge is 0.274 e. The van der Waals surface area contributed by atoms with E-state index in [1.807, 2.05) is 20.1 Å². The molecule has 1 aromatic rings. The minimum Gasteiger partial charge on any atom is -0.274 e. The van der Waals surface area contributed by atoms with E-state index in [1.54, 1.807) is 0 Å². The van der Waals surface area contributed by atoms with Crippen LogP contribution in [0, 0.1) is 0 Å². The molecule has 72 valence electrons. The fourth-order valence-corrected chi connectivity index (χ4v) is 1.01. The molecule has 0 aliphatic carbocycles. The predicted molar refractivity (Wildman–Crippen MR) is 55.3 cm³/mol. The summed E-state index contributed by atoms with van der Waals surface area (Å²) in [5.74, 6) is 0. The summed E-state index contributed by atoms with van der Waals surface area (Å²) < 4.78 is 0. The van der Waals surface area contributed by atoms with E-state index in [0.29, 0.717) is 5.16 Å². The fourth-order valence-electron chi connectivity index (χ4n) is 0.549. The highest BCUT2D eigenvalue weighted by Crippen LogP contribution is 2.08. The normalized spacial score (nSPS) is 8.62. The van der Waals surface area contributed by atoms with Crippen molar-refractivity contribution in [2.24, 2.45) is 0 Å². The van der Waals surface area contributed by atoms with Crippen molar-refractivity contribution >= 4 is 28.6 Å².